The molecule has 0 saturated heterocycles. The molecule has 0 aliphatic rings. The maximum atomic E-state index is 14.1. The number of likely N-dealkylation sites (N-methyl/N-ethyl adjacent to an activating group) is 1. The molecule has 0 aliphatic carbocycles. The molecular formula is C16H17BrF2N2. The fourth-order valence-electron chi connectivity index (χ4n) is 2.41. The molecule has 2 aromatic rings. The average Bonchev–Trinajstić information content (AvgIpc) is 2.49. The molecule has 21 heavy (non-hydrogen) atoms. The topological polar surface area (TPSA) is 29.3 Å². The molecule has 2 aromatic carbocycles. The van der Waals surface area contributed by atoms with Crippen molar-refractivity contribution in [3.63, 3.8) is 0 Å². The van der Waals surface area contributed by atoms with Crippen molar-refractivity contribution in [3.8, 4) is 0 Å². The summed E-state index contributed by atoms with van der Waals surface area (Å²) in [6, 6.07) is 10.6. The summed E-state index contributed by atoms with van der Waals surface area (Å²) >= 11 is 3.36. The van der Waals surface area contributed by atoms with E-state index in [9.17, 15) is 8.78 Å². The van der Waals surface area contributed by atoms with Gasteiger partial charge in [0.1, 0.15) is 11.6 Å². The summed E-state index contributed by atoms with van der Waals surface area (Å²) in [7, 11) is 0. The highest BCUT2D eigenvalue weighted by Gasteiger charge is 2.21. The van der Waals surface area contributed by atoms with Crippen LogP contribution in [-0.4, -0.2) is 13.1 Å². The third kappa shape index (κ3) is 3.60. The van der Waals surface area contributed by atoms with Crippen molar-refractivity contribution in [2.75, 3.05) is 18.0 Å². The first-order valence-electron chi connectivity index (χ1n) is 6.74. The van der Waals surface area contributed by atoms with Gasteiger partial charge in [0.15, 0.2) is 0 Å². The Kier molecular flexibility index (Phi) is 5.31. The molecule has 0 fully saturated rings. The fourth-order valence-corrected chi connectivity index (χ4v) is 2.79. The van der Waals surface area contributed by atoms with Crippen molar-refractivity contribution in [1.82, 2.24) is 0 Å². The predicted octanol–water partition coefficient (Wildman–Crippen LogP) is 4.25. The molecular weight excluding hydrogens is 338 g/mol. The number of rotatable bonds is 5. The molecule has 0 saturated carbocycles. The van der Waals surface area contributed by atoms with Crippen LogP contribution in [-0.2, 0) is 0 Å². The summed E-state index contributed by atoms with van der Waals surface area (Å²) in [6.07, 6.45) is 0. The predicted molar refractivity (Wildman–Crippen MR) is 85.3 cm³/mol. The Morgan fingerprint density at radius 2 is 1.81 bits per heavy atom. The monoisotopic (exact) mass is 354 g/mol. The first kappa shape index (κ1) is 15.9. The van der Waals surface area contributed by atoms with Gasteiger partial charge in [-0.2, -0.15) is 0 Å². The van der Waals surface area contributed by atoms with Crippen LogP contribution in [0.15, 0.2) is 46.9 Å². The van der Waals surface area contributed by atoms with Gasteiger partial charge >= 0.3 is 0 Å². The molecule has 0 radical (unpaired) electrons. The Balaban J connectivity index is 2.42. The molecule has 5 heteroatoms. The van der Waals surface area contributed by atoms with Gasteiger partial charge in [0.25, 0.3) is 0 Å². The van der Waals surface area contributed by atoms with Crippen LogP contribution < -0.4 is 10.6 Å². The van der Waals surface area contributed by atoms with Crippen LogP contribution in [0, 0.1) is 11.6 Å². The summed E-state index contributed by atoms with van der Waals surface area (Å²) in [6.45, 7) is 2.86. The maximum absolute atomic E-state index is 14.1. The quantitative estimate of drug-likeness (QED) is 0.869. The number of halogens is 3. The Labute approximate surface area is 131 Å². The molecule has 0 heterocycles. The zero-order valence-corrected chi connectivity index (χ0v) is 13.3. The lowest BCUT2D eigenvalue weighted by atomic mass is 10.0. The lowest BCUT2D eigenvalue weighted by Gasteiger charge is -2.32. The molecule has 0 bridgehead atoms. The van der Waals surface area contributed by atoms with E-state index in [-0.39, 0.29) is 24.2 Å². The summed E-state index contributed by atoms with van der Waals surface area (Å²) in [4.78, 5) is 1.96. The summed E-state index contributed by atoms with van der Waals surface area (Å²) in [5, 5.41) is 0. The van der Waals surface area contributed by atoms with Gasteiger partial charge in [-0.25, -0.2) is 8.78 Å². The Hall–Kier alpha value is -1.46. The number of nitrogens with two attached hydrogens (primary N) is 1. The molecule has 2 N–H and O–H groups in total. The number of hydrogen-bond acceptors (Lipinski definition) is 2. The van der Waals surface area contributed by atoms with Crippen LogP contribution >= 0.6 is 15.9 Å². The van der Waals surface area contributed by atoms with Crippen LogP contribution in [0.1, 0.15) is 18.5 Å². The largest absolute Gasteiger partial charge is 0.363 e. The molecule has 0 aliphatic heterocycles. The van der Waals surface area contributed by atoms with Crippen LogP contribution in [0.25, 0.3) is 0 Å². The van der Waals surface area contributed by atoms with Crippen LogP contribution in [0.3, 0.4) is 0 Å². The zero-order chi connectivity index (χ0) is 15.4. The van der Waals surface area contributed by atoms with Crippen molar-refractivity contribution in [2.45, 2.75) is 13.0 Å². The van der Waals surface area contributed by atoms with Crippen molar-refractivity contribution in [1.29, 1.82) is 0 Å². The van der Waals surface area contributed by atoms with Gasteiger partial charge in [-0.05, 0) is 49.4 Å². The fraction of sp³-hybridized carbons (Fsp3) is 0.250. The Morgan fingerprint density at radius 1 is 1.14 bits per heavy atom. The van der Waals surface area contributed by atoms with E-state index >= 15 is 0 Å². The van der Waals surface area contributed by atoms with Crippen LogP contribution in [0.4, 0.5) is 14.5 Å². The third-order valence-electron chi connectivity index (χ3n) is 3.42. The van der Waals surface area contributed by atoms with E-state index in [1.165, 1.54) is 18.2 Å². The summed E-state index contributed by atoms with van der Waals surface area (Å²) < 4.78 is 28.0. The van der Waals surface area contributed by atoms with E-state index in [1.54, 1.807) is 24.3 Å². The van der Waals surface area contributed by atoms with Gasteiger partial charge in [0, 0.05) is 28.8 Å². The highest BCUT2D eigenvalue weighted by Crippen LogP contribution is 2.29. The smallest absolute Gasteiger partial charge is 0.128 e. The van der Waals surface area contributed by atoms with Gasteiger partial charge < -0.3 is 10.6 Å². The van der Waals surface area contributed by atoms with E-state index in [2.05, 4.69) is 15.9 Å². The first-order valence-corrected chi connectivity index (χ1v) is 7.53. The SMILES string of the molecule is CCN(c1ccc(F)cc1)C(CN)c1cc(Br)ccc1F. The molecule has 0 aromatic heterocycles. The molecule has 1 unspecified atom stereocenters. The van der Waals surface area contributed by atoms with Gasteiger partial charge in [0.2, 0.25) is 0 Å². The minimum Gasteiger partial charge on any atom is -0.363 e. The second-order valence-electron chi connectivity index (χ2n) is 4.68. The highest BCUT2D eigenvalue weighted by atomic mass is 79.9. The van der Waals surface area contributed by atoms with E-state index in [1.807, 2.05) is 11.8 Å². The molecule has 0 spiro atoms. The van der Waals surface area contributed by atoms with Crippen LogP contribution in [0.5, 0.6) is 0 Å². The number of benzene rings is 2. The molecule has 2 nitrogen and oxygen atoms in total. The van der Waals surface area contributed by atoms with E-state index in [0.29, 0.717) is 12.1 Å². The van der Waals surface area contributed by atoms with Gasteiger partial charge in [0.05, 0.1) is 6.04 Å². The number of hydrogen-bond donors (Lipinski definition) is 1. The number of anilines is 1. The standard InChI is InChI=1S/C16H17BrF2N2/c1-2-21(13-6-4-12(18)5-7-13)16(10-20)14-9-11(17)3-8-15(14)19/h3-9,16H,2,10,20H2,1H3. The van der Waals surface area contributed by atoms with Gasteiger partial charge in [-0.15, -0.1) is 0 Å². The van der Waals surface area contributed by atoms with Crippen molar-refractivity contribution < 1.29 is 8.78 Å². The Bertz CT molecular complexity index is 602. The van der Waals surface area contributed by atoms with Gasteiger partial charge in [-0.3, -0.25) is 0 Å². The minimum absolute atomic E-state index is 0.262. The van der Waals surface area contributed by atoms with Crippen molar-refractivity contribution in [3.05, 3.63) is 64.1 Å². The molecule has 2 rings (SSSR count). The minimum atomic E-state index is -0.307. The highest BCUT2D eigenvalue weighted by molar-refractivity contribution is 9.10. The maximum Gasteiger partial charge on any atom is 0.128 e. The third-order valence-corrected chi connectivity index (χ3v) is 3.91. The zero-order valence-electron chi connectivity index (χ0n) is 11.7. The van der Waals surface area contributed by atoms with E-state index in [4.69, 9.17) is 5.73 Å². The molecule has 0 amide bonds. The lowest BCUT2D eigenvalue weighted by molar-refractivity contribution is 0.561. The van der Waals surface area contributed by atoms with E-state index in [0.717, 1.165) is 10.2 Å². The second-order valence-corrected chi connectivity index (χ2v) is 5.60. The van der Waals surface area contributed by atoms with Crippen molar-refractivity contribution >= 4 is 21.6 Å². The second kappa shape index (κ2) is 7.00. The Morgan fingerprint density at radius 3 is 2.38 bits per heavy atom. The first-order chi connectivity index (χ1) is 10.1. The number of nitrogens with zero attached hydrogens (tertiary/aromatic N) is 1. The molecule has 1 atom stereocenters. The summed E-state index contributed by atoms with van der Waals surface area (Å²) in [5.41, 5.74) is 7.21. The normalized spacial score (nSPS) is 12.2. The van der Waals surface area contributed by atoms with Crippen molar-refractivity contribution in [2.24, 2.45) is 5.73 Å². The van der Waals surface area contributed by atoms with Crippen LogP contribution in [0.2, 0.25) is 0 Å². The lowest BCUT2D eigenvalue weighted by Crippen LogP contribution is -2.34. The molecule has 112 valence electrons. The summed E-state index contributed by atoms with van der Waals surface area (Å²) in [5.74, 6) is -0.595. The van der Waals surface area contributed by atoms with Gasteiger partial charge in [-0.1, -0.05) is 15.9 Å². The average molecular weight is 355 g/mol. The van der Waals surface area contributed by atoms with E-state index < -0.39 is 0 Å².